The molecular weight excluding hydrogens is 296 g/mol. The molecule has 2 aliphatic heterocycles. The van der Waals surface area contributed by atoms with Gasteiger partial charge in [0.15, 0.2) is 5.17 Å². The van der Waals surface area contributed by atoms with Crippen LogP contribution in [0.5, 0.6) is 0 Å². The second-order valence-corrected chi connectivity index (χ2v) is 6.38. The van der Waals surface area contributed by atoms with Crippen LogP contribution in [0.2, 0.25) is 0 Å². The monoisotopic (exact) mass is 316 g/mol. The number of amidine groups is 1. The largest absolute Gasteiger partial charge is 0.463 e. The first-order valence-corrected chi connectivity index (χ1v) is 8.65. The molecule has 2 heterocycles. The van der Waals surface area contributed by atoms with Gasteiger partial charge >= 0.3 is 5.97 Å². The van der Waals surface area contributed by atoms with Crippen molar-refractivity contribution in [3.05, 3.63) is 41.5 Å². The lowest BCUT2D eigenvalue weighted by atomic mass is 9.98. The van der Waals surface area contributed by atoms with Crippen molar-refractivity contribution in [3.63, 3.8) is 0 Å². The minimum Gasteiger partial charge on any atom is -0.463 e. The summed E-state index contributed by atoms with van der Waals surface area (Å²) in [6.45, 7) is 5.22. The average Bonchev–Trinajstić information content (AvgIpc) is 2.55. The van der Waals surface area contributed by atoms with Gasteiger partial charge in [0.2, 0.25) is 0 Å². The smallest absolute Gasteiger partial charge is 0.338 e. The van der Waals surface area contributed by atoms with E-state index in [1.807, 2.05) is 37.3 Å². The molecule has 1 aromatic carbocycles. The van der Waals surface area contributed by atoms with Gasteiger partial charge < -0.3 is 9.64 Å². The molecule has 1 aromatic rings. The lowest BCUT2D eigenvalue weighted by Gasteiger charge is -2.39. The molecule has 22 heavy (non-hydrogen) atoms. The van der Waals surface area contributed by atoms with E-state index >= 15 is 0 Å². The molecule has 0 amide bonds. The highest BCUT2D eigenvalue weighted by atomic mass is 32.2. The Kier molecular flexibility index (Phi) is 4.52. The van der Waals surface area contributed by atoms with Crippen LogP contribution in [0.15, 0.2) is 40.9 Å². The van der Waals surface area contributed by atoms with Crippen LogP contribution >= 0.6 is 11.8 Å². The molecule has 1 saturated heterocycles. The fourth-order valence-electron chi connectivity index (χ4n) is 2.83. The molecule has 0 aliphatic carbocycles. The molecule has 0 aromatic heterocycles. The number of ether oxygens (including phenoxy) is 1. The van der Waals surface area contributed by atoms with Gasteiger partial charge in [0.05, 0.1) is 23.9 Å². The van der Waals surface area contributed by atoms with Crippen molar-refractivity contribution in [2.24, 2.45) is 4.99 Å². The average molecular weight is 316 g/mol. The molecule has 116 valence electrons. The highest BCUT2D eigenvalue weighted by Gasteiger charge is 2.35. The van der Waals surface area contributed by atoms with E-state index in [4.69, 9.17) is 9.73 Å². The minimum atomic E-state index is -0.257. The van der Waals surface area contributed by atoms with Crippen LogP contribution in [-0.4, -0.2) is 41.0 Å². The van der Waals surface area contributed by atoms with Crippen LogP contribution in [0.3, 0.4) is 0 Å². The van der Waals surface area contributed by atoms with Gasteiger partial charge in [-0.05, 0) is 20.3 Å². The van der Waals surface area contributed by atoms with Crippen molar-refractivity contribution in [2.45, 2.75) is 26.3 Å². The third-order valence-corrected chi connectivity index (χ3v) is 4.99. The van der Waals surface area contributed by atoms with Crippen molar-refractivity contribution >= 4 is 28.6 Å². The fraction of sp³-hybridized carbons (Fsp3) is 0.412. The fourth-order valence-corrected chi connectivity index (χ4v) is 3.86. The van der Waals surface area contributed by atoms with Gasteiger partial charge in [-0.3, -0.25) is 0 Å². The Morgan fingerprint density at radius 1 is 1.41 bits per heavy atom. The van der Waals surface area contributed by atoms with E-state index in [9.17, 15) is 4.79 Å². The maximum absolute atomic E-state index is 12.5. The van der Waals surface area contributed by atoms with Crippen molar-refractivity contribution in [1.29, 1.82) is 0 Å². The molecule has 1 fully saturated rings. The third-order valence-electron chi connectivity index (χ3n) is 3.91. The Bertz CT molecular complexity index is 625. The number of hydrogen-bond donors (Lipinski definition) is 0. The Morgan fingerprint density at radius 2 is 2.18 bits per heavy atom. The summed E-state index contributed by atoms with van der Waals surface area (Å²) >= 11 is 1.77. The summed E-state index contributed by atoms with van der Waals surface area (Å²) < 4.78 is 5.28. The Balaban J connectivity index is 2.10. The number of fused-ring (bicyclic) bond motifs is 1. The van der Waals surface area contributed by atoms with E-state index in [-0.39, 0.29) is 12.0 Å². The molecule has 0 saturated carbocycles. The molecular formula is C17H20N2O2S. The molecule has 3 rings (SSSR count). The van der Waals surface area contributed by atoms with Gasteiger partial charge in [-0.1, -0.05) is 42.1 Å². The summed E-state index contributed by atoms with van der Waals surface area (Å²) in [5.41, 5.74) is 2.39. The number of rotatable bonds is 3. The summed E-state index contributed by atoms with van der Waals surface area (Å²) in [7, 11) is 0. The number of thioether (sulfide) groups is 1. The van der Waals surface area contributed by atoms with Gasteiger partial charge in [-0.15, -0.1) is 0 Å². The first-order chi connectivity index (χ1) is 10.7. The molecule has 4 nitrogen and oxygen atoms in total. The zero-order valence-electron chi connectivity index (χ0n) is 12.9. The zero-order valence-corrected chi connectivity index (χ0v) is 13.7. The summed E-state index contributed by atoms with van der Waals surface area (Å²) in [4.78, 5) is 19.5. The van der Waals surface area contributed by atoms with E-state index in [1.165, 1.54) is 0 Å². The highest BCUT2D eigenvalue weighted by Crippen LogP contribution is 2.35. The lowest BCUT2D eigenvalue weighted by molar-refractivity contribution is -0.139. The minimum absolute atomic E-state index is 0.00504. The number of aliphatic imine (C=N–C) groups is 1. The number of nitrogens with zero attached hydrogens (tertiary/aromatic N) is 2. The predicted molar refractivity (Wildman–Crippen MR) is 90.7 cm³/mol. The summed E-state index contributed by atoms with van der Waals surface area (Å²) in [5.74, 6) is 0.825. The van der Waals surface area contributed by atoms with Crippen molar-refractivity contribution in [3.8, 4) is 0 Å². The second-order valence-electron chi connectivity index (χ2n) is 5.31. The van der Waals surface area contributed by atoms with E-state index < -0.39 is 0 Å². The first-order valence-electron chi connectivity index (χ1n) is 7.67. The van der Waals surface area contributed by atoms with E-state index in [0.29, 0.717) is 12.2 Å². The predicted octanol–water partition coefficient (Wildman–Crippen LogP) is 3.16. The zero-order chi connectivity index (χ0) is 15.5. The number of benzene rings is 1. The van der Waals surface area contributed by atoms with Gasteiger partial charge in [0.25, 0.3) is 0 Å². The Morgan fingerprint density at radius 3 is 2.91 bits per heavy atom. The van der Waals surface area contributed by atoms with Gasteiger partial charge in [0, 0.05) is 17.9 Å². The van der Waals surface area contributed by atoms with Gasteiger partial charge in [0.1, 0.15) is 0 Å². The molecule has 5 heteroatoms. The third kappa shape index (κ3) is 2.77. The van der Waals surface area contributed by atoms with Crippen LogP contribution in [-0.2, 0) is 9.53 Å². The van der Waals surface area contributed by atoms with E-state index in [1.54, 1.807) is 11.8 Å². The normalized spacial score (nSPS) is 21.3. The van der Waals surface area contributed by atoms with E-state index in [2.05, 4.69) is 11.8 Å². The number of hydrogen-bond acceptors (Lipinski definition) is 5. The molecule has 0 N–H and O–H groups in total. The quantitative estimate of drug-likeness (QED) is 0.803. The number of esters is 1. The number of carbonyl (C=O) groups is 1. The molecule has 0 bridgehead atoms. The maximum Gasteiger partial charge on any atom is 0.338 e. The summed E-state index contributed by atoms with van der Waals surface area (Å²) in [6.07, 6.45) is 1.12. The van der Waals surface area contributed by atoms with E-state index in [0.717, 1.165) is 35.1 Å². The van der Waals surface area contributed by atoms with Crippen LogP contribution in [0.1, 0.15) is 25.8 Å². The van der Waals surface area contributed by atoms with Gasteiger partial charge in [-0.25, -0.2) is 9.79 Å². The molecule has 2 aliphatic rings. The SMILES string of the molecule is CCOC(=O)C1=C(c2ccccc2)N=C2SCCCN2[C@H]1C. The van der Waals surface area contributed by atoms with Crippen LogP contribution in [0, 0.1) is 0 Å². The first kappa shape index (κ1) is 15.2. The van der Waals surface area contributed by atoms with Crippen molar-refractivity contribution in [2.75, 3.05) is 18.9 Å². The molecule has 1 atom stereocenters. The van der Waals surface area contributed by atoms with Crippen molar-refractivity contribution < 1.29 is 9.53 Å². The molecule has 0 unspecified atom stereocenters. The standard InChI is InChI=1S/C17H20N2O2S/c1-3-21-16(20)14-12(2)19-10-7-11-22-17(19)18-15(14)13-8-5-4-6-9-13/h4-6,8-9,12H,3,7,10-11H2,1-2H3/t12-/m0/s1. The topological polar surface area (TPSA) is 41.9 Å². The Labute approximate surface area is 135 Å². The van der Waals surface area contributed by atoms with Crippen LogP contribution in [0.4, 0.5) is 0 Å². The summed E-state index contributed by atoms with van der Waals surface area (Å²) in [5, 5.41) is 1.02. The highest BCUT2D eigenvalue weighted by molar-refractivity contribution is 8.13. The van der Waals surface area contributed by atoms with Crippen LogP contribution < -0.4 is 0 Å². The molecule has 0 radical (unpaired) electrons. The maximum atomic E-state index is 12.5. The second kappa shape index (κ2) is 6.57. The van der Waals surface area contributed by atoms with Gasteiger partial charge in [-0.2, -0.15) is 0 Å². The van der Waals surface area contributed by atoms with Crippen LogP contribution in [0.25, 0.3) is 5.70 Å². The lowest BCUT2D eigenvalue weighted by Crippen LogP contribution is -2.45. The van der Waals surface area contributed by atoms with Crippen molar-refractivity contribution in [1.82, 2.24) is 4.90 Å². The number of carbonyl (C=O) groups excluding carboxylic acids is 1. The Hall–Kier alpha value is -1.75. The molecule has 0 spiro atoms. The summed E-state index contributed by atoms with van der Waals surface area (Å²) in [6, 6.07) is 9.89.